The Morgan fingerprint density at radius 3 is 2.65 bits per heavy atom. The third-order valence-corrected chi connectivity index (χ3v) is 3.64. The van der Waals surface area contributed by atoms with E-state index >= 15 is 0 Å². The van der Waals surface area contributed by atoms with Gasteiger partial charge in [0.1, 0.15) is 0 Å². The maximum atomic E-state index is 10.8. The molecule has 0 saturated heterocycles. The lowest BCUT2D eigenvalue weighted by atomic mass is 10.2. The number of rotatable bonds is 4. The van der Waals surface area contributed by atoms with Crippen LogP contribution in [0.2, 0.25) is 10.0 Å². The first-order chi connectivity index (χ1) is 11.0. The smallest absolute Gasteiger partial charge is 0.320 e. The molecule has 0 bridgehead atoms. The molecule has 23 heavy (non-hydrogen) atoms. The standard InChI is InChI=1S/C14H8Cl2N4O3/c15-11-5-4-9(7-12(11)16)17-14-19-18-13(23-14)8-2-1-3-10(6-8)20(21)22/h1-7H,(H,17,19). The largest absolute Gasteiger partial charge is 0.403 e. The van der Waals surface area contributed by atoms with E-state index in [4.69, 9.17) is 27.6 Å². The van der Waals surface area contributed by atoms with Crippen LogP contribution in [0.25, 0.3) is 11.5 Å². The zero-order valence-electron chi connectivity index (χ0n) is 11.4. The molecule has 1 heterocycles. The summed E-state index contributed by atoms with van der Waals surface area (Å²) in [6, 6.07) is 11.0. The van der Waals surface area contributed by atoms with Crippen molar-refractivity contribution >= 4 is 40.6 Å². The predicted molar refractivity (Wildman–Crippen MR) is 86.1 cm³/mol. The zero-order chi connectivity index (χ0) is 16.4. The Bertz CT molecular complexity index is 882. The third-order valence-electron chi connectivity index (χ3n) is 2.90. The minimum atomic E-state index is -0.491. The summed E-state index contributed by atoms with van der Waals surface area (Å²) in [4.78, 5) is 10.3. The van der Waals surface area contributed by atoms with Gasteiger partial charge in [-0.3, -0.25) is 10.1 Å². The molecule has 0 atom stereocenters. The molecule has 0 fully saturated rings. The van der Waals surface area contributed by atoms with Gasteiger partial charge in [0, 0.05) is 23.4 Å². The topological polar surface area (TPSA) is 94.1 Å². The Labute approximate surface area is 140 Å². The van der Waals surface area contributed by atoms with Gasteiger partial charge in [0.15, 0.2) is 0 Å². The summed E-state index contributed by atoms with van der Waals surface area (Å²) >= 11 is 11.8. The molecule has 1 N–H and O–H groups in total. The fourth-order valence-corrected chi connectivity index (χ4v) is 2.14. The zero-order valence-corrected chi connectivity index (χ0v) is 12.9. The van der Waals surface area contributed by atoms with Crippen molar-refractivity contribution < 1.29 is 9.34 Å². The number of aromatic nitrogens is 2. The van der Waals surface area contributed by atoms with Crippen molar-refractivity contribution in [1.82, 2.24) is 10.2 Å². The lowest BCUT2D eigenvalue weighted by Gasteiger charge is -2.02. The van der Waals surface area contributed by atoms with Crippen molar-refractivity contribution in [1.29, 1.82) is 0 Å². The summed E-state index contributed by atoms with van der Waals surface area (Å²) in [5.41, 5.74) is 1.02. The Hall–Kier alpha value is -2.64. The number of nitrogens with one attached hydrogen (secondary N) is 1. The van der Waals surface area contributed by atoms with Gasteiger partial charge in [0.25, 0.3) is 5.69 Å². The number of halogens is 2. The molecule has 0 spiro atoms. The molecule has 0 amide bonds. The van der Waals surface area contributed by atoms with Crippen molar-refractivity contribution in [2.24, 2.45) is 0 Å². The monoisotopic (exact) mass is 350 g/mol. The van der Waals surface area contributed by atoms with Crippen molar-refractivity contribution in [3.05, 3.63) is 62.6 Å². The van der Waals surface area contributed by atoms with E-state index in [0.717, 1.165) is 0 Å². The van der Waals surface area contributed by atoms with Crippen LogP contribution in [0.1, 0.15) is 0 Å². The molecule has 0 aliphatic carbocycles. The SMILES string of the molecule is O=[N+]([O-])c1cccc(-c2nnc(Nc3ccc(Cl)c(Cl)c3)o2)c1. The Morgan fingerprint density at radius 1 is 1.09 bits per heavy atom. The van der Waals surface area contributed by atoms with Crippen molar-refractivity contribution in [3.63, 3.8) is 0 Å². The second-order valence-corrected chi connectivity index (χ2v) is 5.29. The van der Waals surface area contributed by atoms with Crippen LogP contribution in [0.4, 0.5) is 17.4 Å². The second-order valence-electron chi connectivity index (χ2n) is 4.47. The lowest BCUT2D eigenvalue weighted by molar-refractivity contribution is -0.384. The molecule has 3 rings (SSSR count). The molecule has 0 radical (unpaired) electrons. The fraction of sp³-hybridized carbons (Fsp3) is 0. The molecular formula is C14H8Cl2N4O3. The van der Waals surface area contributed by atoms with Crippen molar-refractivity contribution in [3.8, 4) is 11.5 Å². The third kappa shape index (κ3) is 3.41. The number of non-ortho nitro benzene ring substituents is 1. The van der Waals surface area contributed by atoms with E-state index in [1.54, 1.807) is 30.3 Å². The van der Waals surface area contributed by atoms with Gasteiger partial charge in [0.05, 0.1) is 15.0 Å². The first kappa shape index (κ1) is 15.3. The van der Waals surface area contributed by atoms with Crippen LogP contribution in [0.5, 0.6) is 0 Å². The average Bonchev–Trinajstić information content (AvgIpc) is 2.99. The molecule has 0 unspecified atom stereocenters. The van der Waals surface area contributed by atoms with Gasteiger partial charge in [0.2, 0.25) is 5.89 Å². The van der Waals surface area contributed by atoms with Gasteiger partial charge < -0.3 is 9.73 Å². The number of anilines is 2. The van der Waals surface area contributed by atoms with Gasteiger partial charge >= 0.3 is 6.01 Å². The summed E-state index contributed by atoms with van der Waals surface area (Å²) in [7, 11) is 0. The summed E-state index contributed by atoms with van der Waals surface area (Å²) in [5.74, 6) is 0.163. The Kier molecular flexibility index (Phi) is 4.14. The molecule has 3 aromatic rings. The van der Waals surface area contributed by atoms with Gasteiger partial charge in [-0.15, -0.1) is 5.10 Å². The number of nitro benzene ring substituents is 1. The summed E-state index contributed by atoms with van der Waals surface area (Å²) < 4.78 is 5.45. The highest BCUT2D eigenvalue weighted by atomic mass is 35.5. The van der Waals surface area contributed by atoms with Crippen molar-refractivity contribution in [2.75, 3.05) is 5.32 Å². The fourth-order valence-electron chi connectivity index (χ4n) is 1.84. The van der Waals surface area contributed by atoms with Gasteiger partial charge in [-0.05, 0) is 24.3 Å². The minimum Gasteiger partial charge on any atom is -0.403 e. The van der Waals surface area contributed by atoms with E-state index in [0.29, 0.717) is 21.3 Å². The highest BCUT2D eigenvalue weighted by Gasteiger charge is 2.13. The quantitative estimate of drug-likeness (QED) is 0.541. The van der Waals surface area contributed by atoms with Crippen LogP contribution in [0, 0.1) is 10.1 Å². The number of hydrogen-bond acceptors (Lipinski definition) is 6. The maximum absolute atomic E-state index is 10.8. The molecule has 2 aromatic carbocycles. The number of benzene rings is 2. The van der Waals surface area contributed by atoms with E-state index in [9.17, 15) is 10.1 Å². The van der Waals surface area contributed by atoms with Gasteiger partial charge in [-0.2, -0.15) is 0 Å². The summed E-state index contributed by atoms with van der Waals surface area (Å²) in [5, 5.41) is 22.2. The summed E-state index contributed by atoms with van der Waals surface area (Å²) in [6.45, 7) is 0. The summed E-state index contributed by atoms with van der Waals surface area (Å²) in [6.07, 6.45) is 0. The normalized spacial score (nSPS) is 10.5. The van der Waals surface area contributed by atoms with E-state index in [1.165, 1.54) is 12.1 Å². The molecule has 1 aromatic heterocycles. The molecular weight excluding hydrogens is 343 g/mol. The first-order valence-corrected chi connectivity index (χ1v) is 7.09. The van der Waals surface area contributed by atoms with E-state index < -0.39 is 4.92 Å². The molecule has 116 valence electrons. The number of nitro groups is 1. The highest BCUT2D eigenvalue weighted by molar-refractivity contribution is 6.42. The maximum Gasteiger partial charge on any atom is 0.320 e. The predicted octanol–water partition coefficient (Wildman–Crippen LogP) is 4.70. The molecule has 9 heteroatoms. The van der Waals surface area contributed by atoms with Crippen molar-refractivity contribution in [2.45, 2.75) is 0 Å². The van der Waals surface area contributed by atoms with E-state index in [-0.39, 0.29) is 17.6 Å². The number of hydrogen-bond donors (Lipinski definition) is 1. The van der Waals surface area contributed by atoms with Crippen LogP contribution >= 0.6 is 23.2 Å². The highest BCUT2D eigenvalue weighted by Crippen LogP contribution is 2.28. The Morgan fingerprint density at radius 2 is 1.91 bits per heavy atom. The first-order valence-electron chi connectivity index (χ1n) is 6.33. The molecule has 7 nitrogen and oxygen atoms in total. The molecule has 0 aliphatic rings. The number of nitrogens with zero attached hydrogens (tertiary/aromatic N) is 3. The average molecular weight is 351 g/mol. The van der Waals surface area contributed by atoms with Gasteiger partial charge in [-0.1, -0.05) is 34.4 Å². The van der Waals surface area contributed by atoms with Crippen LogP contribution in [-0.2, 0) is 0 Å². The van der Waals surface area contributed by atoms with E-state index in [2.05, 4.69) is 15.5 Å². The lowest BCUT2D eigenvalue weighted by Crippen LogP contribution is -1.90. The van der Waals surface area contributed by atoms with Crippen LogP contribution in [0.15, 0.2) is 46.9 Å². The molecule has 0 saturated carbocycles. The van der Waals surface area contributed by atoms with Crippen LogP contribution in [-0.4, -0.2) is 15.1 Å². The molecule has 0 aliphatic heterocycles. The second kappa shape index (κ2) is 6.23. The van der Waals surface area contributed by atoms with Gasteiger partial charge in [-0.25, -0.2) is 0 Å². The minimum absolute atomic E-state index is 0.0558. The van der Waals surface area contributed by atoms with E-state index in [1.807, 2.05) is 0 Å². The Balaban J connectivity index is 1.84. The van der Waals surface area contributed by atoms with Crippen LogP contribution < -0.4 is 5.32 Å². The van der Waals surface area contributed by atoms with Crippen LogP contribution in [0.3, 0.4) is 0 Å².